The maximum atomic E-state index is 3.51. The molecular formula is C18H36N2. The molecule has 0 rings (SSSR count). The molecule has 0 amide bonds. The summed E-state index contributed by atoms with van der Waals surface area (Å²) >= 11 is 0. The van der Waals surface area contributed by atoms with Gasteiger partial charge in [-0.05, 0) is 42.7 Å². The van der Waals surface area contributed by atoms with Crippen LogP contribution in [0.25, 0.3) is 0 Å². The molecule has 0 saturated carbocycles. The van der Waals surface area contributed by atoms with Gasteiger partial charge in [-0.2, -0.15) is 0 Å². The maximum absolute atomic E-state index is 3.51. The number of nitrogens with one attached hydrogen (secondary N) is 2. The summed E-state index contributed by atoms with van der Waals surface area (Å²) in [6.45, 7) is 16.9. The standard InChI is InChI=1S/C18H36N2/c1-9-10-16(18(5,6)7)17(19-8)13-15(4)20-12-11-14(2)3/h13-14,19-20H,9-12H2,1-8H3/b15-13-,17-16-. The van der Waals surface area contributed by atoms with Gasteiger partial charge in [-0.1, -0.05) is 48.0 Å². The topological polar surface area (TPSA) is 24.1 Å². The summed E-state index contributed by atoms with van der Waals surface area (Å²) in [5, 5.41) is 6.90. The largest absolute Gasteiger partial charge is 0.389 e. The van der Waals surface area contributed by atoms with E-state index in [0.29, 0.717) is 0 Å². The molecule has 2 N–H and O–H groups in total. The van der Waals surface area contributed by atoms with Gasteiger partial charge >= 0.3 is 0 Å². The zero-order valence-electron chi connectivity index (χ0n) is 15.0. The Labute approximate surface area is 127 Å². The van der Waals surface area contributed by atoms with Crippen LogP contribution in [0.3, 0.4) is 0 Å². The summed E-state index contributed by atoms with van der Waals surface area (Å²) in [7, 11) is 2.02. The quantitative estimate of drug-likeness (QED) is 0.621. The summed E-state index contributed by atoms with van der Waals surface area (Å²) in [5.74, 6) is 0.750. The van der Waals surface area contributed by atoms with Gasteiger partial charge in [0.15, 0.2) is 0 Å². The van der Waals surface area contributed by atoms with Crippen molar-refractivity contribution in [1.29, 1.82) is 0 Å². The van der Waals surface area contributed by atoms with Gasteiger partial charge in [-0.25, -0.2) is 0 Å². The Morgan fingerprint density at radius 2 is 1.80 bits per heavy atom. The predicted molar refractivity (Wildman–Crippen MR) is 91.7 cm³/mol. The second kappa shape index (κ2) is 9.10. The SMILES string of the molecule is CCC/C(=C(\C=C(\C)NCCC(C)C)NC)C(C)(C)C. The van der Waals surface area contributed by atoms with Crippen LogP contribution in [-0.2, 0) is 0 Å². The lowest BCUT2D eigenvalue weighted by Crippen LogP contribution is -2.20. The van der Waals surface area contributed by atoms with E-state index < -0.39 is 0 Å². The molecule has 0 aliphatic carbocycles. The second-order valence-corrected chi connectivity index (χ2v) is 7.08. The Bertz CT molecular complexity index is 330. The molecule has 0 radical (unpaired) electrons. The highest BCUT2D eigenvalue weighted by molar-refractivity contribution is 5.29. The summed E-state index contributed by atoms with van der Waals surface area (Å²) in [6.07, 6.45) is 5.81. The van der Waals surface area contributed by atoms with Crippen molar-refractivity contribution in [1.82, 2.24) is 10.6 Å². The Hall–Kier alpha value is -0.920. The Morgan fingerprint density at radius 1 is 1.20 bits per heavy atom. The van der Waals surface area contributed by atoms with Crippen molar-refractivity contribution in [3.05, 3.63) is 23.0 Å². The number of rotatable bonds is 8. The Morgan fingerprint density at radius 3 is 2.20 bits per heavy atom. The highest BCUT2D eigenvalue weighted by Gasteiger charge is 2.19. The number of hydrogen-bond acceptors (Lipinski definition) is 2. The monoisotopic (exact) mass is 280 g/mol. The molecule has 0 heterocycles. The Kier molecular flexibility index (Phi) is 8.68. The van der Waals surface area contributed by atoms with E-state index >= 15 is 0 Å². The molecule has 0 atom stereocenters. The molecule has 0 bridgehead atoms. The van der Waals surface area contributed by atoms with Crippen molar-refractivity contribution < 1.29 is 0 Å². The van der Waals surface area contributed by atoms with Crippen LogP contribution in [0.1, 0.15) is 67.7 Å². The Balaban J connectivity index is 5.02. The molecule has 118 valence electrons. The van der Waals surface area contributed by atoms with E-state index in [2.05, 4.69) is 65.2 Å². The lowest BCUT2D eigenvalue weighted by Gasteiger charge is -2.26. The maximum Gasteiger partial charge on any atom is 0.0352 e. The van der Waals surface area contributed by atoms with Crippen LogP contribution in [0.15, 0.2) is 23.0 Å². The molecule has 0 spiro atoms. The summed E-state index contributed by atoms with van der Waals surface area (Å²) in [4.78, 5) is 0. The molecule has 0 aliphatic rings. The van der Waals surface area contributed by atoms with Gasteiger partial charge in [0.05, 0.1) is 0 Å². The first-order chi connectivity index (χ1) is 9.22. The number of likely N-dealkylation sites (N-methyl/N-ethyl adjacent to an activating group) is 1. The van der Waals surface area contributed by atoms with Crippen molar-refractivity contribution in [2.24, 2.45) is 11.3 Å². The van der Waals surface area contributed by atoms with E-state index in [1.807, 2.05) is 7.05 Å². The molecule has 0 fully saturated rings. The van der Waals surface area contributed by atoms with Gasteiger partial charge in [-0.15, -0.1) is 0 Å². The fraction of sp³-hybridized carbons (Fsp3) is 0.778. The first-order valence-electron chi connectivity index (χ1n) is 8.05. The van der Waals surface area contributed by atoms with E-state index in [0.717, 1.165) is 18.9 Å². The van der Waals surface area contributed by atoms with Gasteiger partial charge in [0.2, 0.25) is 0 Å². The van der Waals surface area contributed by atoms with Crippen molar-refractivity contribution in [2.75, 3.05) is 13.6 Å². The minimum Gasteiger partial charge on any atom is -0.389 e. The third kappa shape index (κ3) is 7.62. The van der Waals surface area contributed by atoms with E-state index in [1.54, 1.807) is 0 Å². The fourth-order valence-corrected chi connectivity index (χ4v) is 2.30. The molecule has 0 aromatic rings. The first kappa shape index (κ1) is 19.1. The molecule has 0 saturated heterocycles. The molecular weight excluding hydrogens is 244 g/mol. The number of hydrogen-bond donors (Lipinski definition) is 2. The molecule has 0 aromatic heterocycles. The predicted octanol–water partition coefficient (Wildman–Crippen LogP) is 4.85. The lowest BCUT2D eigenvalue weighted by molar-refractivity contribution is 0.472. The van der Waals surface area contributed by atoms with Crippen LogP contribution in [-0.4, -0.2) is 13.6 Å². The fourth-order valence-electron chi connectivity index (χ4n) is 2.30. The van der Waals surface area contributed by atoms with Crippen LogP contribution in [0, 0.1) is 11.3 Å². The average molecular weight is 280 g/mol. The minimum atomic E-state index is 0.211. The van der Waals surface area contributed by atoms with Crippen LogP contribution in [0.5, 0.6) is 0 Å². The zero-order valence-corrected chi connectivity index (χ0v) is 15.0. The van der Waals surface area contributed by atoms with E-state index in [4.69, 9.17) is 0 Å². The van der Waals surface area contributed by atoms with Crippen LogP contribution < -0.4 is 10.6 Å². The normalized spacial score (nSPS) is 14.3. The molecule has 20 heavy (non-hydrogen) atoms. The third-order valence-electron chi connectivity index (χ3n) is 3.49. The smallest absolute Gasteiger partial charge is 0.0352 e. The molecule has 2 nitrogen and oxygen atoms in total. The lowest BCUT2D eigenvalue weighted by atomic mass is 9.82. The van der Waals surface area contributed by atoms with Gasteiger partial charge < -0.3 is 10.6 Å². The van der Waals surface area contributed by atoms with Crippen molar-refractivity contribution in [3.63, 3.8) is 0 Å². The summed E-state index contributed by atoms with van der Waals surface area (Å²) in [5.41, 5.74) is 4.23. The van der Waals surface area contributed by atoms with Gasteiger partial charge in [-0.3, -0.25) is 0 Å². The van der Waals surface area contributed by atoms with Crippen LogP contribution in [0.4, 0.5) is 0 Å². The minimum absolute atomic E-state index is 0.211. The van der Waals surface area contributed by atoms with Crippen LogP contribution >= 0.6 is 0 Å². The molecule has 0 aliphatic heterocycles. The first-order valence-corrected chi connectivity index (χ1v) is 8.05. The summed E-state index contributed by atoms with van der Waals surface area (Å²) in [6, 6.07) is 0. The van der Waals surface area contributed by atoms with Crippen LogP contribution in [0.2, 0.25) is 0 Å². The van der Waals surface area contributed by atoms with E-state index in [1.165, 1.54) is 29.8 Å². The van der Waals surface area contributed by atoms with Gasteiger partial charge in [0.25, 0.3) is 0 Å². The van der Waals surface area contributed by atoms with E-state index in [-0.39, 0.29) is 5.41 Å². The zero-order chi connectivity index (χ0) is 15.8. The van der Waals surface area contributed by atoms with E-state index in [9.17, 15) is 0 Å². The van der Waals surface area contributed by atoms with Gasteiger partial charge in [0.1, 0.15) is 0 Å². The second-order valence-electron chi connectivity index (χ2n) is 7.08. The number of allylic oxidation sites excluding steroid dienone is 3. The summed E-state index contributed by atoms with van der Waals surface area (Å²) < 4.78 is 0. The highest BCUT2D eigenvalue weighted by atomic mass is 14.9. The van der Waals surface area contributed by atoms with Crippen molar-refractivity contribution >= 4 is 0 Å². The highest BCUT2D eigenvalue weighted by Crippen LogP contribution is 2.31. The molecule has 2 heteroatoms. The van der Waals surface area contributed by atoms with Crippen molar-refractivity contribution in [3.8, 4) is 0 Å². The molecule has 0 unspecified atom stereocenters. The molecule has 0 aromatic carbocycles. The third-order valence-corrected chi connectivity index (χ3v) is 3.49. The van der Waals surface area contributed by atoms with Gasteiger partial charge in [0, 0.05) is 25.0 Å². The van der Waals surface area contributed by atoms with Crippen molar-refractivity contribution in [2.45, 2.75) is 67.7 Å². The average Bonchev–Trinajstić information content (AvgIpc) is 2.31.